The number of methoxy groups -OCH3 is 1. The maximum absolute atomic E-state index is 13.3. The predicted molar refractivity (Wildman–Crippen MR) is 169 cm³/mol. The molecule has 1 aliphatic heterocycles. The minimum Gasteiger partial charge on any atom is -0.387 e. The van der Waals surface area contributed by atoms with Crippen molar-refractivity contribution in [1.82, 2.24) is 19.5 Å². The number of nitrogens with zero attached hydrogens (tertiary/aromatic N) is 4. The van der Waals surface area contributed by atoms with Crippen molar-refractivity contribution in [2.45, 2.75) is 42.0 Å². The largest absolute Gasteiger partial charge is 0.387 e. The number of imidazole rings is 1. The van der Waals surface area contributed by atoms with E-state index in [1.165, 1.54) is 18.0 Å². The highest BCUT2D eigenvalue weighted by Gasteiger charge is 2.44. The number of aromatic nitrogens is 4. The zero-order valence-electron chi connectivity index (χ0n) is 24.7. The molecule has 3 aromatic carbocycles. The molecular formula is C33H35N5O6S. The fraction of sp³-hybridized carbons (Fsp3) is 0.303. The summed E-state index contributed by atoms with van der Waals surface area (Å²) in [4.78, 5) is 13.8. The number of hydrogen-bond donors (Lipinski definition) is 3. The first kappa shape index (κ1) is 30.8. The maximum atomic E-state index is 13.3. The van der Waals surface area contributed by atoms with Gasteiger partial charge in [-0.05, 0) is 16.7 Å². The van der Waals surface area contributed by atoms with E-state index >= 15 is 0 Å². The van der Waals surface area contributed by atoms with Crippen LogP contribution in [0, 0.1) is 0 Å². The number of benzene rings is 3. The van der Waals surface area contributed by atoms with Crippen LogP contribution in [0.5, 0.6) is 0 Å². The van der Waals surface area contributed by atoms with Crippen LogP contribution in [0.2, 0.25) is 0 Å². The monoisotopic (exact) mass is 629 g/mol. The molecule has 1 aliphatic rings. The SMILES string of the molecule is COCC1OC(n2cnc3c(NCC(c4ccccc4)c4ccccc4)nc(CS(=O)(=O)Cc4ccccc4)nc32)C(O)C1O. The van der Waals surface area contributed by atoms with Gasteiger partial charge in [-0.25, -0.2) is 23.4 Å². The number of sulfone groups is 1. The van der Waals surface area contributed by atoms with Crippen molar-refractivity contribution in [1.29, 1.82) is 0 Å². The summed E-state index contributed by atoms with van der Waals surface area (Å²) in [5, 5.41) is 24.9. The molecular weight excluding hydrogens is 594 g/mol. The van der Waals surface area contributed by atoms with E-state index in [-0.39, 0.29) is 29.7 Å². The highest BCUT2D eigenvalue weighted by Crippen LogP contribution is 2.33. The zero-order chi connectivity index (χ0) is 31.4. The van der Waals surface area contributed by atoms with Crippen LogP contribution in [-0.4, -0.2) is 76.7 Å². The normalized spacial score (nSPS) is 20.2. The molecule has 0 bridgehead atoms. The van der Waals surface area contributed by atoms with Crippen LogP contribution in [0.15, 0.2) is 97.3 Å². The zero-order valence-corrected chi connectivity index (χ0v) is 25.5. The van der Waals surface area contributed by atoms with Crippen molar-refractivity contribution in [3.8, 4) is 0 Å². The number of fused-ring (bicyclic) bond motifs is 1. The van der Waals surface area contributed by atoms with Gasteiger partial charge in [0.1, 0.15) is 29.9 Å². The van der Waals surface area contributed by atoms with Gasteiger partial charge in [-0.1, -0.05) is 91.0 Å². The first-order valence-corrected chi connectivity index (χ1v) is 16.5. The molecule has 2 aromatic heterocycles. The van der Waals surface area contributed by atoms with Crippen molar-refractivity contribution in [3.05, 3.63) is 120 Å². The fourth-order valence-electron chi connectivity index (χ4n) is 5.67. The Morgan fingerprint density at radius 2 is 1.51 bits per heavy atom. The van der Waals surface area contributed by atoms with Crippen molar-refractivity contribution in [2.75, 3.05) is 25.6 Å². The Morgan fingerprint density at radius 3 is 2.13 bits per heavy atom. The third-order valence-corrected chi connectivity index (χ3v) is 9.34. The van der Waals surface area contributed by atoms with Crippen molar-refractivity contribution in [2.24, 2.45) is 0 Å². The number of anilines is 1. The van der Waals surface area contributed by atoms with Crippen LogP contribution in [0.1, 0.15) is 34.7 Å². The average Bonchev–Trinajstić information content (AvgIpc) is 3.58. The van der Waals surface area contributed by atoms with Crippen molar-refractivity contribution in [3.63, 3.8) is 0 Å². The molecule has 0 radical (unpaired) electrons. The van der Waals surface area contributed by atoms with E-state index in [2.05, 4.69) is 44.5 Å². The highest BCUT2D eigenvalue weighted by molar-refractivity contribution is 7.89. The Morgan fingerprint density at radius 1 is 0.889 bits per heavy atom. The van der Waals surface area contributed by atoms with Crippen LogP contribution in [-0.2, 0) is 30.8 Å². The van der Waals surface area contributed by atoms with Gasteiger partial charge in [0, 0.05) is 19.6 Å². The molecule has 1 saturated heterocycles. The van der Waals surface area contributed by atoms with Gasteiger partial charge in [0.2, 0.25) is 0 Å². The standard InChI is InChI=1S/C33H35N5O6S/c1-43-18-26-29(39)30(40)33(44-26)38-21-35-28-31(34-17-25(23-13-7-3-8-14-23)24-15-9-4-10-16-24)36-27(37-32(28)38)20-45(41,42)19-22-11-5-2-6-12-22/h2-16,21,25-26,29-30,33,39-40H,17-20H2,1H3,(H,34,36,37). The lowest BCUT2D eigenvalue weighted by atomic mass is 9.91. The molecule has 0 spiro atoms. The Kier molecular flexibility index (Phi) is 9.19. The van der Waals surface area contributed by atoms with E-state index in [1.807, 2.05) is 42.5 Å². The highest BCUT2D eigenvalue weighted by atomic mass is 32.2. The molecule has 0 saturated carbocycles. The molecule has 0 aliphatic carbocycles. The quantitative estimate of drug-likeness (QED) is 0.187. The predicted octanol–water partition coefficient (Wildman–Crippen LogP) is 3.45. The third-order valence-electron chi connectivity index (χ3n) is 7.87. The molecule has 3 heterocycles. The van der Waals surface area contributed by atoms with E-state index in [4.69, 9.17) is 9.47 Å². The summed E-state index contributed by atoms with van der Waals surface area (Å²) in [5.41, 5.74) is 3.50. The molecule has 45 heavy (non-hydrogen) atoms. The second-order valence-electron chi connectivity index (χ2n) is 11.1. The van der Waals surface area contributed by atoms with E-state index in [9.17, 15) is 18.6 Å². The Balaban J connectivity index is 1.37. The number of aliphatic hydroxyl groups is 2. The van der Waals surface area contributed by atoms with Crippen molar-refractivity contribution < 1.29 is 28.1 Å². The molecule has 234 valence electrons. The lowest BCUT2D eigenvalue weighted by Gasteiger charge is -2.20. The van der Waals surface area contributed by atoms with Crippen LogP contribution >= 0.6 is 0 Å². The number of rotatable bonds is 12. The van der Waals surface area contributed by atoms with Gasteiger partial charge in [0.05, 0.1) is 18.7 Å². The van der Waals surface area contributed by atoms with Gasteiger partial charge >= 0.3 is 0 Å². The van der Waals surface area contributed by atoms with Crippen molar-refractivity contribution >= 4 is 26.8 Å². The van der Waals surface area contributed by atoms with E-state index in [0.29, 0.717) is 23.4 Å². The minimum atomic E-state index is -3.66. The summed E-state index contributed by atoms with van der Waals surface area (Å²) in [6, 6.07) is 29.1. The topological polar surface area (TPSA) is 149 Å². The van der Waals surface area contributed by atoms with Gasteiger partial charge in [0.25, 0.3) is 0 Å². The molecule has 12 heteroatoms. The first-order valence-electron chi connectivity index (χ1n) is 14.6. The molecule has 4 unspecified atom stereocenters. The lowest BCUT2D eigenvalue weighted by molar-refractivity contribution is -0.0580. The number of nitrogens with one attached hydrogen (secondary N) is 1. The van der Waals surface area contributed by atoms with Crippen LogP contribution in [0.25, 0.3) is 11.2 Å². The average molecular weight is 630 g/mol. The summed E-state index contributed by atoms with van der Waals surface area (Å²) in [7, 11) is -2.18. The number of ether oxygens (including phenoxy) is 2. The number of aliphatic hydroxyl groups excluding tert-OH is 2. The molecule has 4 atom stereocenters. The molecule has 6 rings (SSSR count). The van der Waals surface area contributed by atoms with Crippen LogP contribution in [0.4, 0.5) is 5.82 Å². The van der Waals surface area contributed by atoms with Gasteiger partial charge in [-0.3, -0.25) is 4.57 Å². The minimum absolute atomic E-state index is 0.0466. The summed E-state index contributed by atoms with van der Waals surface area (Å²) in [6.07, 6.45) is -2.83. The Bertz CT molecular complexity index is 1780. The fourth-order valence-corrected chi connectivity index (χ4v) is 6.99. The van der Waals surface area contributed by atoms with E-state index in [1.54, 1.807) is 24.3 Å². The third kappa shape index (κ3) is 6.90. The lowest BCUT2D eigenvalue weighted by Crippen LogP contribution is -2.33. The Hall–Kier alpha value is -4.20. The second-order valence-corrected chi connectivity index (χ2v) is 13.2. The molecule has 1 fully saturated rings. The smallest absolute Gasteiger partial charge is 0.168 e. The van der Waals surface area contributed by atoms with E-state index in [0.717, 1.165) is 11.1 Å². The summed E-state index contributed by atoms with van der Waals surface area (Å²) < 4.78 is 39.2. The van der Waals surface area contributed by atoms with E-state index < -0.39 is 40.1 Å². The summed E-state index contributed by atoms with van der Waals surface area (Å²) >= 11 is 0. The van der Waals surface area contributed by atoms with Crippen LogP contribution < -0.4 is 5.32 Å². The second kappa shape index (κ2) is 13.4. The summed E-state index contributed by atoms with van der Waals surface area (Å²) in [6.45, 7) is 0.507. The molecule has 5 aromatic rings. The molecule has 11 nitrogen and oxygen atoms in total. The maximum Gasteiger partial charge on any atom is 0.168 e. The van der Waals surface area contributed by atoms with Gasteiger partial charge < -0.3 is 25.0 Å². The molecule has 3 N–H and O–H groups in total. The van der Waals surface area contributed by atoms with Gasteiger partial charge in [-0.15, -0.1) is 0 Å². The number of hydrogen-bond acceptors (Lipinski definition) is 10. The first-order chi connectivity index (χ1) is 21.8. The molecule has 0 amide bonds. The van der Waals surface area contributed by atoms with Gasteiger partial charge in [0.15, 0.2) is 33.0 Å². The van der Waals surface area contributed by atoms with Gasteiger partial charge in [-0.2, -0.15) is 0 Å². The Labute approximate surface area is 261 Å². The van der Waals surface area contributed by atoms with Crippen LogP contribution in [0.3, 0.4) is 0 Å². The summed E-state index contributed by atoms with van der Waals surface area (Å²) in [5.74, 6) is -0.213.